The first-order valence-corrected chi connectivity index (χ1v) is 10.0. The van der Waals surface area contributed by atoms with Gasteiger partial charge in [0.1, 0.15) is 0 Å². The minimum atomic E-state index is -0.222. The Labute approximate surface area is 151 Å². The van der Waals surface area contributed by atoms with Gasteiger partial charge in [-0.25, -0.2) is 0 Å². The van der Waals surface area contributed by atoms with Gasteiger partial charge in [-0.05, 0) is 0 Å². The Hall–Kier alpha value is 1.76. The first-order valence-electron chi connectivity index (χ1n) is 5.53. The Kier molecular flexibility index (Phi) is 19.9. The molecule has 0 rings (SSSR count). The van der Waals surface area contributed by atoms with E-state index in [1.54, 1.807) is 0 Å². The molecule has 0 radical (unpaired) electrons. The Bertz CT molecular complexity index is 133. The van der Waals surface area contributed by atoms with Crippen molar-refractivity contribution in [1.29, 1.82) is 0 Å². The Morgan fingerprint density at radius 1 is 0.526 bits per heavy atom. The minimum absolute atomic E-state index is 0. The molecule has 8 heteroatoms. The fourth-order valence-electron chi connectivity index (χ4n) is 0.714. The molecule has 120 valence electrons. The van der Waals surface area contributed by atoms with Gasteiger partial charge < -0.3 is 22.9 Å². The molecule has 0 aromatic rings. The summed E-state index contributed by atoms with van der Waals surface area (Å²) < 4.78 is 0. The second-order valence-electron chi connectivity index (χ2n) is 4.35. The molecule has 0 saturated carbocycles. The predicted molar refractivity (Wildman–Crippen MR) is 103 cm³/mol. The standard InChI is InChI=1S/C5H8Br4.C5H16N4.CH4/c2*6-1-5(2-7,3-8)4-9;/h1-4H2;1-4,6-9H2;1H4. The molecule has 4 nitrogen and oxygen atoms in total. The lowest BCUT2D eigenvalue weighted by atomic mass is 9.89. The third kappa shape index (κ3) is 9.39. The zero-order valence-corrected chi connectivity index (χ0v) is 16.8. The van der Waals surface area contributed by atoms with Gasteiger partial charge in [-0.1, -0.05) is 71.1 Å². The van der Waals surface area contributed by atoms with Crippen LogP contribution in [0.2, 0.25) is 0 Å². The maximum absolute atomic E-state index is 5.40. The van der Waals surface area contributed by atoms with Crippen LogP contribution >= 0.6 is 63.7 Å². The zero-order valence-electron chi connectivity index (χ0n) is 10.5. The number of alkyl halides is 4. The van der Waals surface area contributed by atoms with Crippen molar-refractivity contribution >= 4 is 63.7 Å². The number of halogens is 4. The van der Waals surface area contributed by atoms with Crippen LogP contribution in [-0.4, -0.2) is 47.5 Å². The normalized spacial score (nSPS) is 11.4. The van der Waals surface area contributed by atoms with Crippen molar-refractivity contribution in [2.75, 3.05) is 47.5 Å². The van der Waals surface area contributed by atoms with Crippen molar-refractivity contribution in [2.24, 2.45) is 33.8 Å². The van der Waals surface area contributed by atoms with E-state index < -0.39 is 0 Å². The number of hydrogen-bond donors (Lipinski definition) is 4. The maximum Gasteiger partial charge on any atom is 0.0193 e. The molecule has 0 heterocycles. The molecule has 0 unspecified atom stereocenters. The summed E-state index contributed by atoms with van der Waals surface area (Å²) in [7, 11) is 0. The van der Waals surface area contributed by atoms with E-state index in [2.05, 4.69) is 63.7 Å². The molecule has 0 saturated heterocycles. The molecule has 19 heavy (non-hydrogen) atoms. The second-order valence-corrected chi connectivity index (χ2v) is 6.59. The van der Waals surface area contributed by atoms with E-state index in [0.717, 1.165) is 21.3 Å². The first-order chi connectivity index (χ1) is 8.49. The molecule has 8 N–H and O–H groups in total. The van der Waals surface area contributed by atoms with E-state index in [1.165, 1.54) is 0 Å². The summed E-state index contributed by atoms with van der Waals surface area (Å²) in [5, 5.41) is 4.06. The van der Waals surface area contributed by atoms with Gasteiger partial charge in [-0.2, -0.15) is 0 Å². The average molecular weight is 536 g/mol. The Balaban J connectivity index is -0.000000256. The number of hydrogen-bond acceptors (Lipinski definition) is 4. The molecule has 0 aromatic carbocycles. The highest BCUT2D eigenvalue weighted by molar-refractivity contribution is 9.11. The van der Waals surface area contributed by atoms with Gasteiger partial charge in [0.05, 0.1) is 0 Å². The van der Waals surface area contributed by atoms with Crippen LogP contribution < -0.4 is 22.9 Å². The molecule has 0 fully saturated rings. The topological polar surface area (TPSA) is 104 Å². The van der Waals surface area contributed by atoms with E-state index in [0.29, 0.717) is 31.6 Å². The van der Waals surface area contributed by atoms with Crippen LogP contribution in [0.5, 0.6) is 0 Å². The summed E-state index contributed by atoms with van der Waals surface area (Å²) in [5.74, 6) is 0. The lowest BCUT2D eigenvalue weighted by Crippen LogP contribution is -2.49. The summed E-state index contributed by atoms with van der Waals surface area (Å²) in [6, 6.07) is 0. The molecule has 0 bridgehead atoms. The van der Waals surface area contributed by atoms with Crippen LogP contribution in [0.25, 0.3) is 0 Å². The molecule has 0 atom stereocenters. The monoisotopic (exact) mass is 532 g/mol. The van der Waals surface area contributed by atoms with Crippen molar-refractivity contribution in [3.05, 3.63) is 0 Å². The summed E-state index contributed by atoms with van der Waals surface area (Å²) in [5.41, 5.74) is 21.7. The van der Waals surface area contributed by atoms with E-state index in [9.17, 15) is 0 Å². The van der Waals surface area contributed by atoms with Crippen molar-refractivity contribution in [3.63, 3.8) is 0 Å². The quantitative estimate of drug-likeness (QED) is 0.357. The summed E-state index contributed by atoms with van der Waals surface area (Å²) in [6.45, 7) is 1.88. The average Bonchev–Trinajstić information content (AvgIpc) is 2.46. The van der Waals surface area contributed by atoms with Crippen LogP contribution in [-0.2, 0) is 0 Å². The second kappa shape index (κ2) is 14.7. The van der Waals surface area contributed by atoms with Crippen LogP contribution in [0.4, 0.5) is 0 Å². The van der Waals surface area contributed by atoms with Crippen LogP contribution in [0.1, 0.15) is 7.43 Å². The fraction of sp³-hybridized carbons (Fsp3) is 1.00. The first kappa shape index (κ1) is 25.7. The van der Waals surface area contributed by atoms with Crippen LogP contribution in [0.15, 0.2) is 0 Å². The SMILES string of the molecule is BrCC(CBr)(CBr)CBr.C.NCC(CN)(CN)CN. The van der Waals surface area contributed by atoms with Gasteiger partial charge in [-0.15, -0.1) is 0 Å². The molecular formula is C11H28Br4N4. The van der Waals surface area contributed by atoms with Gasteiger partial charge in [0.2, 0.25) is 0 Å². The molecule has 0 aliphatic carbocycles. The van der Waals surface area contributed by atoms with Crippen molar-refractivity contribution in [2.45, 2.75) is 7.43 Å². The lowest BCUT2D eigenvalue weighted by molar-refractivity contribution is 0.333. The molecule has 0 spiro atoms. The molecular weight excluding hydrogens is 508 g/mol. The van der Waals surface area contributed by atoms with Gasteiger partial charge in [0.15, 0.2) is 0 Å². The summed E-state index contributed by atoms with van der Waals surface area (Å²) in [4.78, 5) is 0. The van der Waals surface area contributed by atoms with Gasteiger partial charge in [0, 0.05) is 58.3 Å². The molecule has 0 aliphatic rings. The smallest absolute Gasteiger partial charge is 0.0193 e. The van der Waals surface area contributed by atoms with Gasteiger partial charge in [-0.3, -0.25) is 0 Å². The fourth-order valence-corrected chi connectivity index (χ4v) is 6.29. The van der Waals surface area contributed by atoms with Crippen LogP contribution in [0.3, 0.4) is 0 Å². The van der Waals surface area contributed by atoms with E-state index in [-0.39, 0.29) is 12.8 Å². The number of rotatable bonds is 8. The van der Waals surface area contributed by atoms with E-state index in [1.807, 2.05) is 0 Å². The Morgan fingerprint density at radius 2 is 0.737 bits per heavy atom. The predicted octanol–water partition coefficient (Wildman–Crippen LogP) is 2.00. The maximum atomic E-state index is 5.40. The highest BCUT2D eigenvalue weighted by Gasteiger charge is 2.24. The molecule has 0 amide bonds. The highest BCUT2D eigenvalue weighted by Crippen LogP contribution is 2.27. The summed E-state index contributed by atoms with van der Waals surface area (Å²) in [6.07, 6.45) is 0. The number of nitrogens with two attached hydrogens (primary N) is 4. The van der Waals surface area contributed by atoms with Crippen molar-refractivity contribution in [3.8, 4) is 0 Å². The summed E-state index contributed by atoms with van der Waals surface area (Å²) >= 11 is 13.9. The third-order valence-corrected chi connectivity index (χ3v) is 7.62. The van der Waals surface area contributed by atoms with Crippen LogP contribution in [0, 0.1) is 10.8 Å². The minimum Gasteiger partial charge on any atom is -0.330 e. The Morgan fingerprint density at radius 3 is 0.737 bits per heavy atom. The van der Waals surface area contributed by atoms with Crippen molar-refractivity contribution < 1.29 is 0 Å². The van der Waals surface area contributed by atoms with E-state index >= 15 is 0 Å². The third-order valence-electron chi connectivity index (χ3n) is 2.87. The van der Waals surface area contributed by atoms with Crippen molar-refractivity contribution in [1.82, 2.24) is 0 Å². The van der Waals surface area contributed by atoms with Gasteiger partial charge >= 0.3 is 0 Å². The van der Waals surface area contributed by atoms with E-state index in [4.69, 9.17) is 22.9 Å². The van der Waals surface area contributed by atoms with Gasteiger partial charge in [0.25, 0.3) is 0 Å². The molecule has 0 aromatic heterocycles. The zero-order chi connectivity index (χ0) is 14.7. The lowest BCUT2D eigenvalue weighted by Gasteiger charge is -2.26. The largest absolute Gasteiger partial charge is 0.330 e. The molecule has 0 aliphatic heterocycles. The highest BCUT2D eigenvalue weighted by atomic mass is 79.9.